The standard InChI is InChI=1S/C42H44ClFN8O6/c43-32-19-28(4-1-25(32)22-45)58-27-5-2-26(3-6-27)46-42(57)34-8-9-36(49-48-34)52-13-11-24(12-14-52)23-50-15-17-51(18-16-50)35-21-31-30(20-33(35)44)39(54)38(40(31)55)29-7-10-37(53)47-41(29)56/h1,4,8-9,19-21,24,26-27,29,38H,2-3,5-7,10-18,23H2,(H,46,57)(H,47,53,56). The monoisotopic (exact) mass is 810 g/mol. The van der Waals surface area contributed by atoms with Crippen molar-refractivity contribution in [3.8, 4) is 11.8 Å². The van der Waals surface area contributed by atoms with Gasteiger partial charge < -0.3 is 19.9 Å². The van der Waals surface area contributed by atoms with Crippen LogP contribution in [0.1, 0.15) is 88.1 Å². The number of benzene rings is 2. The zero-order valence-electron chi connectivity index (χ0n) is 31.9. The number of rotatable bonds is 9. The van der Waals surface area contributed by atoms with Gasteiger partial charge in [0.1, 0.15) is 17.6 Å². The van der Waals surface area contributed by atoms with Crippen LogP contribution in [0.3, 0.4) is 0 Å². The molecule has 2 aliphatic carbocycles. The van der Waals surface area contributed by atoms with Crippen LogP contribution < -0.4 is 25.2 Å². The molecular weight excluding hydrogens is 767 g/mol. The Labute approximate surface area is 340 Å². The van der Waals surface area contributed by atoms with Crippen LogP contribution in [-0.2, 0) is 9.59 Å². The Bertz CT molecular complexity index is 2160. The number of amides is 3. The van der Waals surface area contributed by atoms with Gasteiger partial charge in [-0.1, -0.05) is 11.6 Å². The van der Waals surface area contributed by atoms with Crippen molar-refractivity contribution in [2.45, 2.75) is 63.5 Å². The van der Waals surface area contributed by atoms with E-state index in [1.54, 1.807) is 24.3 Å². The Morgan fingerprint density at radius 2 is 1.60 bits per heavy atom. The maximum atomic E-state index is 15.4. The Hall–Kier alpha value is -5.46. The van der Waals surface area contributed by atoms with Crippen LogP contribution in [0.25, 0.3) is 0 Å². The summed E-state index contributed by atoms with van der Waals surface area (Å²) in [5, 5.41) is 23.4. The maximum absolute atomic E-state index is 15.4. The Morgan fingerprint density at radius 1 is 0.879 bits per heavy atom. The second-order valence-electron chi connectivity index (χ2n) is 15.9. The van der Waals surface area contributed by atoms with Gasteiger partial charge in [0, 0.05) is 75.5 Å². The highest BCUT2D eigenvalue weighted by atomic mass is 35.5. The van der Waals surface area contributed by atoms with Crippen molar-refractivity contribution in [2.24, 2.45) is 17.8 Å². The van der Waals surface area contributed by atoms with E-state index in [1.807, 2.05) is 17.0 Å². The zero-order valence-corrected chi connectivity index (χ0v) is 32.7. The third kappa shape index (κ3) is 8.26. The van der Waals surface area contributed by atoms with Crippen molar-refractivity contribution in [3.63, 3.8) is 0 Å². The number of halogens is 2. The zero-order chi connectivity index (χ0) is 40.5. The van der Waals surface area contributed by atoms with Gasteiger partial charge >= 0.3 is 0 Å². The molecule has 0 spiro atoms. The number of piperidine rings is 2. The first-order valence-corrected chi connectivity index (χ1v) is 20.4. The SMILES string of the molecule is N#Cc1ccc(OC2CCC(NC(=O)c3ccc(N4CCC(CN5CCN(c6cc7c(cc6F)C(=O)C(C6CCC(=O)NC6=O)C7=O)CC5)CC4)nn3)CC2)cc1Cl. The summed E-state index contributed by atoms with van der Waals surface area (Å²) in [7, 11) is 0. The summed E-state index contributed by atoms with van der Waals surface area (Å²) in [6, 6.07) is 13.3. The number of ketones is 2. The smallest absolute Gasteiger partial charge is 0.272 e. The summed E-state index contributed by atoms with van der Waals surface area (Å²) in [4.78, 5) is 70.1. The van der Waals surface area contributed by atoms with E-state index in [4.69, 9.17) is 21.6 Å². The number of anilines is 2. The largest absolute Gasteiger partial charge is 0.490 e. The van der Waals surface area contributed by atoms with Crippen molar-refractivity contribution >= 4 is 52.4 Å². The van der Waals surface area contributed by atoms with Crippen molar-refractivity contribution in [2.75, 3.05) is 55.6 Å². The van der Waals surface area contributed by atoms with Crippen molar-refractivity contribution in [3.05, 3.63) is 75.7 Å². The molecule has 3 aromatic rings. The Morgan fingerprint density at radius 3 is 2.26 bits per heavy atom. The van der Waals surface area contributed by atoms with Gasteiger partial charge in [-0.25, -0.2) is 4.39 Å². The second-order valence-corrected chi connectivity index (χ2v) is 16.3. The molecule has 8 rings (SSSR count). The highest BCUT2D eigenvalue weighted by molar-refractivity contribution is 6.31. The van der Waals surface area contributed by atoms with Crippen LogP contribution in [0.15, 0.2) is 42.5 Å². The van der Waals surface area contributed by atoms with Crippen LogP contribution in [0.4, 0.5) is 15.9 Å². The van der Waals surface area contributed by atoms with E-state index in [0.717, 1.165) is 83.1 Å². The average molecular weight is 811 g/mol. The number of ether oxygens (including phenoxy) is 1. The first-order chi connectivity index (χ1) is 28.0. The lowest BCUT2D eigenvalue weighted by molar-refractivity contribution is -0.137. The van der Waals surface area contributed by atoms with Crippen LogP contribution >= 0.6 is 11.6 Å². The summed E-state index contributed by atoms with van der Waals surface area (Å²) in [6.07, 6.45) is 5.21. The number of fused-ring (bicyclic) bond motifs is 1. The molecular formula is C42H44ClFN8O6. The summed E-state index contributed by atoms with van der Waals surface area (Å²) in [5.41, 5.74) is 1.11. The first-order valence-electron chi connectivity index (χ1n) is 20.0. The molecule has 302 valence electrons. The molecule has 58 heavy (non-hydrogen) atoms. The fourth-order valence-electron chi connectivity index (χ4n) is 8.99. The van der Waals surface area contributed by atoms with E-state index < -0.39 is 41.0 Å². The van der Waals surface area contributed by atoms with E-state index in [2.05, 4.69) is 30.6 Å². The maximum Gasteiger partial charge on any atom is 0.272 e. The predicted molar refractivity (Wildman–Crippen MR) is 210 cm³/mol. The number of Topliss-reactive ketones (excluding diaryl/α,β-unsaturated/α-hetero) is 2. The van der Waals surface area contributed by atoms with Gasteiger partial charge in [0.05, 0.1) is 34.2 Å². The molecule has 3 amide bonds. The average Bonchev–Trinajstić information content (AvgIpc) is 3.46. The van der Waals surface area contributed by atoms with Gasteiger partial charge in [0.2, 0.25) is 11.8 Å². The number of nitrogens with zero attached hydrogens (tertiary/aromatic N) is 6. The topological polar surface area (TPSA) is 178 Å². The molecule has 14 nitrogen and oxygen atoms in total. The number of nitriles is 1. The molecule has 2 N–H and O–H groups in total. The molecule has 4 heterocycles. The van der Waals surface area contributed by atoms with Crippen molar-refractivity contribution < 1.29 is 33.1 Å². The number of imide groups is 1. The molecule has 2 aromatic carbocycles. The third-order valence-corrected chi connectivity index (χ3v) is 12.6. The molecule has 0 radical (unpaired) electrons. The second kappa shape index (κ2) is 16.8. The Kier molecular flexibility index (Phi) is 11.4. The molecule has 16 heteroatoms. The summed E-state index contributed by atoms with van der Waals surface area (Å²) in [6.45, 7) is 5.12. The van der Waals surface area contributed by atoms with E-state index in [-0.39, 0.29) is 53.4 Å². The molecule has 5 aliphatic rings. The van der Waals surface area contributed by atoms with Gasteiger partial charge in [-0.2, -0.15) is 5.26 Å². The van der Waals surface area contributed by atoms with Crippen molar-refractivity contribution in [1.82, 2.24) is 25.7 Å². The van der Waals surface area contributed by atoms with Crippen LogP contribution in [0.5, 0.6) is 5.75 Å². The quantitative estimate of drug-likeness (QED) is 0.231. The first kappa shape index (κ1) is 39.4. The molecule has 1 saturated carbocycles. The lowest BCUT2D eigenvalue weighted by Gasteiger charge is -2.40. The van der Waals surface area contributed by atoms with Gasteiger partial charge in [0.25, 0.3) is 5.91 Å². The lowest BCUT2D eigenvalue weighted by Crippen LogP contribution is -2.49. The summed E-state index contributed by atoms with van der Waals surface area (Å²) >= 11 is 6.14. The molecule has 0 bridgehead atoms. The number of aromatic nitrogens is 2. The number of carbonyl (C=O) groups is 5. The molecule has 3 aliphatic heterocycles. The van der Waals surface area contributed by atoms with Gasteiger partial charge in [-0.05, 0) is 87.3 Å². The fraction of sp³-hybridized carbons (Fsp3) is 0.476. The molecule has 1 aromatic heterocycles. The minimum Gasteiger partial charge on any atom is -0.490 e. The highest BCUT2D eigenvalue weighted by Crippen LogP contribution is 2.38. The van der Waals surface area contributed by atoms with E-state index in [9.17, 15) is 24.0 Å². The molecule has 2 unspecified atom stereocenters. The number of carbonyl (C=O) groups excluding carboxylic acids is 5. The number of hydrogen-bond acceptors (Lipinski definition) is 12. The van der Waals surface area contributed by atoms with Gasteiger partial charge in [-0.15, -0.1) is 10.2 Å². The predicted octanol–water partition coefficient (Wildman–Crippen LogP) is 4.35. The minimum atomic E-state index is -1.23. The fourth-order valence-corrected chi connectivity index (χ4v) is 9.21. The van der Waals surface area contributed by atoms with Crippen LogP contribution in [0.2, 0.25) is 5.02 Å². The van der Waals surface area contributed by atoms with Crippen LogP contribution in [0, 0.1) is 34.9 Å². The number of nitrogens with one attached hydrogen (secondary N) is 2. The lowest BCUT2D eigenvalue weighted by atomic mass is 9.82. The molecule has 2 atom stereocenters. The third-order valence-electron chi connectivity index (χ3n) is 12.3. The summed E-state index contributed by atoms with van der Waals surface area (Å²) < 4.78 is 21.5. The number of piperazine rings is 1. The molecule has 3 saturated heterocycles. The Balaban J connectivity index is 0.764. The normalized spacial score (nSPS) is 24.3. The minimum absolute atomic E-state index is 0.00344. The summed E-state index contributed by atoms with van der Waals surface area (Å²) in [5.74, 6) is -3.24. The number of hydrogen-bond donors (Lipinski definition) is 2. The molecule has 4 fully saturated rings. The van der Waals surface area contributed by atoms with Crippen LogP contribution in [-0.4, -0.2) is 102 Å². The van der Waals surface area contributed by atoms with E-state index in [0.29, 0.717) is 35.3 Å². The van der Waals surface area contributed by atoms with Gasteiger partial charge in [-0.3, -0.25) is 34.2 Å². The van der Waals surface area contributed by atoms with E-state index >= 15 is 4.39 Å². The van der Waals surface area contributed by atoms with Gasteiger partial charge in [0.15, 0.2) is 23.1 Å². The van der Waals surface area contributed by atoms with E-state index in [1.165, 1.54) is 6.07 Å². The highest BCUT2D eigenvalue weighted by Gasteiger charge is 2.48. The van der Waals surface area contributed by atoms with Crippen molar-refractivity contribution in [1.29, 1.82) is 5.26 Å².